The SMILES string of the molecule is Cc1csc2c(Oc3ccc4ccc(=O)oc4c3)ncnc12. The van der Waals surface area contributed by atoms with Gasteiger partial charge in [0.05, 0.1) is 5.52 Å². The molecule has 0 bridgehead atoms. The van der Waals surface area contributed by atoms with Crippen molar-refractivity contribution < 1.29 is 9.15 Å². The predicted octanol–water partition coefficient (Wildman–Crippen LogP) is 3.90. The maximum Gasteiger partial charge on any atom is 0.336 e. The third-order valence-electron chi connectivity index (χ3n) is 3.31. The highest BCUT2D eigenvalue weighted by Crippen LogP contribution is 2.33. The smallest absolute Gasteiger partial charge is 0.336 e. The van der Waals surface area contributed by atoms with Crippen LogP contribution < -0.4 is 10.4 Å². The Balaban J connectivity index is 1.80. The monoisotopic (exact) mass is 310 g/mol. The number of hydrogen-bond acceptors (Lipinski definition) is 6. The zero-order valence-corrected chi connectivity index (χ0v) is 12.4. The van der Waals surface area contributed by atoms with E-state index in [0.717, 1.165) is 21.2 Å². The summed E-state index contributed by atoms with van der Waals surface area (Å²) in [6.45, 7) is 2.00. The predicted molar refractivity (Wildman–Crippen MR) is 84.7 cm³/mol. The molecule has 0 spiro atoms. The first-order valence-electron chi connectivity index (χ1n) is 6.61. The lowest BCUT2D eigenvalue weighted by Crippen LogP contribution is -1.95. The van der Waals surface area contributed by atoms with Gasteiger partial charge in [0, 0.05) is 17.5 Å². The second kappa shape index (κ2) is 4.92. The lowest BCUT2D eigenvalue weighted by atomic mass is 10.2. The van der Waals surface area contributed by atoms with Crippen molar-refractivity contribution in [2.75, 3.05) is 0 Å². The molecule has 0 aliphatic heterocycles. The first-order chi connectivity index (χ1) is 10.7. The topological polar surface area (TPSA) is 65.2 Å². The number of ether oxygens (including phenoxy) is 1. The maximum absolute atomic E-state index is 11.3. The lowest BCUT2D eigenvalue weighted by Gasteiger charge is -2.06. The van der Waals surface area contributed by atoms with Crippen LogP contribution in [0.3, 0.4) is 0 Å². The summed E-state index contributed by atoms with van der Waals surface area (Å²) < 4.78 is 11.9. The summed E-state index contributed by atoms with van der Waals surface area (Å²) in [7, 11) is 0. The Morgan fingerprint density at radius 1 is 1.18 bits per heavy atom. The van der Waals surface area contributed by atoms with Gasteiger partial charge in [0.25, 0.3) is 0 Å². The molecular formula is C16H10N2O3S. The zero-order valence-electron chi connectivity index (χ0n) is 11.6. The van der Waals surface area contributed by atoms with E-state index in [1.165, 1.54) is 12.4 Å². The van der Waals surface area contributed by atoms with Gasteiger partial charge in [-0.05, 0) is 36.1 Å². The van der Waals surface area contributed by atoms with Crippen LogP contribution in [0, 0.1) is 6.92 Å². The van der Waals surface area contributed by atoms with E-state index in [1.807, 2.05) is 24.4 Å². The second-order valence-corrected chi connectivity index (χ2v) is 5.71. The standard InChI is InChI=1S/C16H10N2O3S/c1-9-7-22-15-14(9)17-8-18-16(15)20-11-4-2-10-3-5-13(19)21-12(10)6-11/h2-8H,1H3. The number of thiophene rings is 1. The maximum atomic E-state index is 11.3. The molecule has 1 aromatic carbocycles. The first-order valence-corrected chi connectivity index (χ1v) is 7.49. The minimum Gasteiger partial charge on any atom is -0.437 e. The van der Waals surface area contributed by atoms with E-state index in [9.17, 15) is 4.79 Å². The van der Waals surface area contributed by atoms with Gasteiger partial charge in [-0.3, -0.25) is 0 Å². The molecule has 4 aromatic rings. The van der Waals surface area contributed by atoms with Gasteiger partial charge in [0.2, 0.25) is 5.88 Å². The van der Waals surface area contributed by atoms with E-state index < -0.39 is 0 Å². The average Bonchev–Trinajstić information content (AvgIpc) is 2.90. The van der Waals surface area contributed by atoms with Crippen molar-refractivity contribution in [3.8, 4) is 11.6 Å². The Kier molecular flexibility index (Phi) is 2.90. The molecule has 22 heavy (non-hydrogen) atoms. The molecule has 0 aliphatic carbocycles. The Morgan fingerprint density at radius 2 is 2.05 bits per heavy atom. The van der Waals surface area contributed by atoms with E-state index in [4.69, 9.17) is 9.15 Å². The highest BCUT2D eigenvalue weighted by molar-refractivity contribution is 7.17. The molecule has 6 heteroatoms. The summed E-state index contributed by atoms with van der Waals surface area (Å²) in [5.41, 5.74) is 2.08. The van der Waals surface area contributed by atoms with Crippen molar-refractivity contribution >= 4 is 32.5 Å². The number of nitrogens with zero attached hydrogens (tertiary/aromatic N) is 2. The Hall–Kier alpha value is -2.73. The van der Waals surface area contributed by atoms with Gasteiger partial charge in [-0.2, -0.15) is 0 Å². The summed E-state index contributed by atoms with van der Waals surface area (Å²) in [4.78, 5) is 19.8. The average molecular weight is 310 g/mol. The van der Waals surface area contributed by atoms with Crippen LogP contribution in [-0.2, 0) is 0 Å². The van der Waals surface area contributed by atoms with Crippen LogP contribution >= 0.6 is 11.3 Å². The summed E-state index contributed by atoms with van der Waals surface area (Å²) in [5.74, 6) is 1.06. The van der Waals surface area contributed by atoms with Crippen molar-refractivity contribution in [1.82, 2.24) is 9.97 Å². The van der Waals surface area contributed by atoms with Gasteiger partial charge in [-0.25, -0.2) is 14.8 Å². The highest BCUT2D eigenvalue weighted by Gasteiger charge is 2.10. The van der Waals surface area contributed by atoms with E-state index in [0.29, 0.717) is 17.2 Å². The van der Waals surface area contributed by atoms with Gasteiger partial charge in [-0.15, -0.1) is 11.3 Å². The fourth-order valence-corrected chi connectivity index (χ4v) is 3.16. The van der Waals surface area contributed by atoms with Gasteiger partial charge in [0.15, 0.2) is 0 Å². The van der Waals surface area contributed by atoms with Crippen molar-refractivity contribution in [1.29, 1.82) is 0 Å². The quantitative estimate of drug-likeness (QED) is 0.525. The number of benzene rings is 1. The third kappa shape index (κ3) is 2.14. The van der Waals surface area contributed by atoms with Gasteiger partial charge >= 0.3 is 5.63 Å². The molecule has 0 amide bonds. The van der Waals surface area contributed by atoms with Crippen LogP contribution in [0.25, 0.3) is 21.2 Å². The largest absolute Gasteiger partial charge is 0.437 e. The molecule has 0 saturated carbocycles. The molecule has 0 atom stereocenters. The number of rotatable bonds is 2. The summed E-state index contributed by atoms with van der Waals surface area (Å²) in [6.07, 6.45) is 1.48. The van der Waals surface area contributed by atoms with E-state index in [2.05, 4.69) is 9.97 Å². The van der Waals surface area contributed by atoms with Crippen LogP contribution in [0.4, 0.5) is 0 Å². The van der Waals surface area contributed by atoms with Crippen LogP contribution in [0.5, 0.6) is 11.6 Å². The number of hydrogen-bond donors (Lipinski definition) is 0. The molecule has 0 saturated heterocycles. The summed E-state index contributed by atoms with van der Waals surface area (Å²) >= 11 is 1.54. The normalized spacial score (nSPS) is 11.1. The fraction of sp³-hybridized carbons (Fsp3) is 0.0625. The van der Waals surface area contributed by atoms with Crippen LogP contribution in [0.15, 0.2) is 51.3 Å². The molecule has 0 radical (unpaired) electrons. The molecule has 4 rings (SSSR count). The molecule has 0 fully saturated rings. The number of aromatic nitrogens is 2. The van der Waals surface area contributed by atoms with Crippen molar-refractivity contribution in [2.45, 2.75) is 6.92 Å². The summed E-state index contributed by atoms with van der Waals surface area (Å²) in [6, 6.07) is 8.45. The van der Waals surface area contributed by atoms with Crippen LogP contribution in [0.2, 0.25) is 0 Å². The van der Waals surface area contributed by atoms with E-state index in [-0.39, 0.29) is 5.63 Å². The Bertz CT molecular complexity index is 1050. The zero-order chi connectivity index (χ0) is 15.1. The fourth-order valence-electron chi connectivity index (χ4n) is 2.24. The second-order valence-electron chi connectivity index (χ2n) is 4.83. The van der Waals surface area contributed by atoms with Crippen LogP contribution in [0.1, 0.15) is 5.56 Å². The number of fused-ring (bicyclic) bond motifs is 2. The Labute approximate surface area is 128 Å². The van der Waals surface area contributed by atoms with Gasteiger partial charge in [-0.1, -0.05) is 0 Å². The Morgan fingerprint density at radius 3 is 2.95 bits per heavy atom. The van der Waals surface area contributed by atoms with E-state index in [1.54, 1.807) is 23.5 Å². The summed E-state index contributed by atoms with van der Waals surface area (Å²) in [5, 5.41) is 2.86. The van der Waals surface area contributed by atoms with Crippen molar-refractivity contribution in [3.05, 3.63) is 58.0 Å². The first kappa shape index (κ1) is 13.0. The molecule has 3 heterocycles. The van der Waals surface area contributed by atoms with Gasteiger partial charge in [0.1, 0.15) is 22.4 Å². The van der Waals surface area contributed by atoms with E-state index >= 15 is 0 Å². The molecule has 3 aromatic heterocycles. The molecule has 108 valence electrons. The molecule has 5 nitrogen and oxygen atoms in total. The molecule has 0 N–H and O–H groups in total. The number of aryl methyl sites for hydroxylation is 1. The molecule has 0 unspecified atom stereocenters. The van der Waals surface area contributed by atoms with Crippen molar-refractivity contribution in [2.24, 2.45) is 0 Å². The molecular weight excluding hydrogens is 300 g/mol. The highest BCUT2D eigenvalue weighted by atomic mass is 32.1. The van der Waals surface area contributed by atoms with Gasteiger partial charge < -0.3 is 9.15 Å². The van der Waals surface area contributed by atoms with Crippen molar-refractivity contribution in [3.63, 3.8) is 0 Å². The third-order valence-corrected chi connectivity index (χ3v) is 4.38. The minimum absolute atomic E-state index is 0.386. The molecule has 0 aliphatic rings. The minimum atomic E-state index is -0.386. The van der Waals surface area contributed by atoms with Crippen LogP contribution in [-0.4, -0.2) is 9.97 Å². The lowest BCUT2D eigenvalue weighted by molar-refractivity contribution is 0.467.